The fraction of sp³-hybridized carbons (Fsp3) is 0.280. The molecule has 1 amide bonds. The van der Waals surface area contributed by atoms with Crippen molar-refractivity contribution < 1.29 is 4.79 Å². The van der Waals surface area contributed by atoms with Crippen LogP contribution in [-0.4, -0.2) is 56.5 Å². The minimum atomic E-state index is -0.195. The number of carbonyl (C=O) groups is 1. The predicted molar refractivity (Wildman–Crippen MR) is 134 cm³/mol. The Hall–Kier alpha value is -3.07. The molecular weight excluding hydrogens is 470 g/mol. The van der Waals surface area contributed by atoms with Gasteiger partial charge in [-0.3, -0.25) is 14.5 Å². The number of carbonyl (C=O) groups excluding carboxylic acids is 1. The van der Waals surface area contributed by atoms with Crippen molar-refractivity contribution in [1.82, 2.24) is 24.4 Å². The van der Waals surface area contributed by atoms with E-state index < -0.39 is 0 Å². The third-order valence-corrected chi connectivity index (χ3v) is 7.14. The van der Waals surface area contributed by atoms with E-state index in [-0.39, 0.29) is 11.5 Å². The first-order valence-corrected chi connectivity index (χ1v) is 12.4. The van der Waals surface area contributed by atoms with Gasteiger partial charge in [-0.05, 0) is 24.1 Å². The summed E-state index contributed by atoms with van der Waals surface area (Å²) in [6.45, 7) is 3.47. The van der Waals surface area contributed by atoms with Gasteiger partial charge in [-0.2, -0.15) is 9.61 Å². The van der Waals surface area contributed by atoms with Crippen molar-refractivity contribution in [2.75, 3.05) is 26.2 Å². The van der Waals surface area contributed by atoms with E-state index in [9.17, 15) is 9.59 Å². The van der Waals surface area contributed by atoms with Gasteiger partial charge in [-0.25, -0.2) is 4.98 Å². The summed E-state index contributed by atoms with van der Waals surface area (Å²) >= 11 is 7.46. The highest BCUT2D eigenvalue weighted by atomic mass is 35.5. The SMILES string of the molecule is O=C(CCc1ccccc1)N1CCN(Cc2cc(=O)n3nc(-c4cccc(Cl)c4)sc3n2)CC1. The first-order valence-electron chi connectivity index (χ1n) is 11.2. The number of fused-ring (bicyclic) bond motifs is 1. The van der Waals surface area contributed by atoms with Crippen LogP contribution < -0.4 is 5.56 Å². The molecule has 34 heavy (non-hydrogen) atoms. The molecule has 0 bridgehead atoms. The van der Waals surface area contributed by atoms with Crippen molar-refractivity contribution in [3.8, 4) is 10.6 Å². The van der Waals surface area contributed by atoms with Crippen LogP contribution in [0.1, 0.15) is 17.7 Å². The van der Waals surface area contributed by atoms with Crippen LogP contribution in [0.4, 0.5) is 0 Å². The number of halogens is 1. The molecule has 0 saturated carbocycles. The fourth-order valence-corrected chi connectivity index (χ4v) is 5.22. The molecule has 0 spiro atoms. The van der Waals surface area contributed by atoms with Gasteiger partial charge in [0.25, 0.3) is 5.56 Å². The zero-order chi connectivity index (χ0) is 23.5. The minimum absolute atomic E-state index is 0.194. The van der Waals surface area contributed by atoms with Crippen LogP contribution in [0, 0.1) is 0 Å². The van der Waals surface area contributed by atoms with Crippen molar-refractivity contribution in [3.63, 3.8) is 0 Å². The third kappa shape index (κ3) is 5.19. The number of nitrogens with zero attached hydrogens (tertiary/aromatic N) is 5. The molecule has 1 saturated heterocycles. The predicted octanol–water partition coefficient (Wildman–Crippen LogP) is 3.75. The molecule has 1 aliphatic rings. The third-order valence-electron chi connectivity index (χ3n) is 5.95. The van der Waals surface area contributed by atoms with Crippen LogP contribution >= 0.6 is 22.9 Å². The lowest BCUT2D eigenvalue weighted by Crippen LogP contribution is -2.48. The van der Waals surface area contributed by atoms with Crippen LogP contribution in [0.25, 0.3) is 15.5 Å². The Morgan fingerprint density at radius 1 is 1.00 bits per heavy atom. The second kappa shape index (κ2) is 10.0. The smallest absolute Gasteiger partial charge is 0.275 e. The van der Waals surface area contributed by atoms with Gasteiger partial charge in [0.1, 0.15) is 5.01 Å². The first kappa shape index (κ1) is 22.7. The molecule has 7 nitrogen and oxygen atoms in total. The Labute approximate surface area is 206 Å². The number of aromatic nitrogens is 3. The molecule has 9 heteroatoms. The molecule has 0 N–H and O–H groups in total. The molecule has 1 aliphatic heterocycles. The van der Waals surface area contributed by atoms with Gasteiger partial charge in [0, 0.05) is 55.8 Å². The molecule has 5 rings (SSSR count). The molecule has 0 atom stereocenters. The zero-order valence-electron chi connectivity index (χ0n) is 18.6. The molecule has 4 aromatic rings. The zero-order valence-corrected chi connectivity index (χ0v) is 20.1. The van der Waals surface area contributed by atoms with Crippen LogP contribution in [-0.2, 0) is 17.8 Å². The normalized spacial score (nSPS) is 14.6. The lowest BCUT2D eigenvalue weighted by Gasteiger charge is -2.34. The van der Waals surface area contributed by atoms with Gasteiger partial charge in [0.2, 0.25) is 10.9 Å². The van der Waals surface area contributed by atoms with Gasteiger partial charge in [0.15, 0.2) is 0 Å². The van der Waals surface area contributed by atoms with Crippen LogP contribution in [0.15, 0.2) is 65.5 Å². The average Bonchev–Trinajstić information content (AvgIpc) is 3.29. The highest BCUT2D eigenvalue weighted by Gasteiger charge is 2.22. The maximum atomic E-state index is 12.7. The van der Waals surface area contributed by atoms with Gasteiger partial charge in [-0.15, -0.1) is 0 Å². The van der Waals surface area contributed by atoms with E-state index in [0.29, 0.717) is 41.0 Å². The number of hydrogen-bond donors (Lipinski definition) is 0. The highest BCUT2D eigenvalue weighted by molar-refractivity contribution is 7.19. The van der Waals surface area contributed by atoms with Crippen molar-refractivity contribution in [1.29, 1.82) is 0 Å². The van der Waals surface area contributed by atoms with E-state index in [1.165, 1.54) is 21.4 Å². The standard InChI is InChI=1S/C25H24ClN5O2S/c26-20-8-4-7-19(15-20)24-28-31-23(33)16-21(27-25(31)34-24)17-29-11-13-30(14-12-29)22(32)10-9-18-5-2-1-3-6-18/h1-8,15-16H,9-14,17H2. The Kier molecular flexibility index (Phi) is 6.71. The molecule has 0 aliphatic carbocycles. The summed E-state index contributed by atoms with van der Waals surface area (Å²) in [5.74, 6) is 0.194. The van der Waals surface area contributed by atoms with Gasteiger partial charge in [0.05, 0.1) is 5.69 Å². The quantitative estimate of drug-likeness (QED) is 0.409. The Morgan fingerprint density at radius 3 is 2.56 bits per heavy atom. The van der Waals surface area contributed by atoms with Crippen LogP contribution in [0.5, 0.6) is 0 Å². The van der Waals surface area contributed by atoms with Crippen LogP contribution in [0.3, 0.4) is 0 Å². The summed E-state index contributed by atoms with van der Waals surface area (Å²) in [5, 5.41) is 5.75. The Morgan fingerprint density at radius 2 is 1.79 bits per heavy atom. The molecule has 174 valence electrons. The minimum Gasteiger partial charge on any atom is -0.340 e. The number of amides is 1. The topological polar surface area (TPSA) is 70.8 Å². The summed E-state index contributed by atoms with van der Waals surface area (Å²) in [5.41, 5.74) is 2.57. The first-order chi connectivity index (χ1) is 16.5. The lowest BCUT2D eigenvalue weighted by molar-refractivity contribution is -0.133. The largest absolute Gasteiger partial charge is 0.340 e. The van der Waals surface area contributed by atoms with Crippen molar-refractivity contribution in [2.24, 2.45) is 0 Å². The van der Waals surface area contributed by atoms with Crippen molar-refractivity contribution >= 4 is 33.8 Å². The summed E-state index contributed by atoms with van der Waals surface area (Å²) < 4.78 is 1.34. The average molecular weight is 494 g/mol. The summed E-state index contributed by atoms with van der Waals surface area (Å²) in [7, 11) is 0. The summed E-state index contributed by atoms with van der Waals surface area (Å²) in [6.07, 6.45) is 1.29. The molecule has 2 aromatic carbocycles. The Balaban J connectivity index is 1.20. The number of benzene rings is 2. The fourth-order valence-electron chi connectivity index (χ4n) is 4.11. The monoisotopic (exact) mass is 493 g/mol. The second-order valence-electron chi connectivity index (χ2n) is 8.34. The van der Waals surface area contributed by atoms with E-state index in [1.807, 2.05) is 41.3 Å². The van der Waals surface area contributed by atoms with E-state index in [2.05, 4.69) is 27.1 Å². The molecule has 0 radical (unpaired) electrons. The molecular formula is C25H24ClN5O2S. The maximum Gasteiger partial charge on any atom is 0.275 e. The van der Waals surface area contributed by atoms with Crippen LogP contribution in [0.2, 0.25) is 5.02 Å². The number of aryl methyl sites for hydroxylation is 1. The summed E-state index contributed by atoms with van der Waals surface area (Å²) in [6, 6.07) is 19.0. The van der Waals surface area contributed by atoms with Crippen molar-refractivity contribution in [2.45, 2.75) is 19.4 Å². The summed E-state index contributed by atoms with van der Waals surface area (Å²) in [4.78, 5) is 34.7. The number of hydrogen-bond acceptors (Lipinski definition) is 6. The molecule has 0 unspecified atom stereocenters. The van der Waals surface area contributed by atoms with Gasteiger partial charge >= 0.3 is 0 Å². The highest BCUT2D eigenvalue weighted by Crippen LogP contribution is 2.26. The van der Waals surface area contributed by atoms with Crippen molar-refractivity contribution in [3.05, 3.63) is 87.3 Å². The van der Waals surface area contributed by atoms with Gasteiger partial charge < -0.3 is 4.90 Å². The van der Waals surface area contributed by atoms with E-state index >= 15 is 0 Å². The Bertz CT molecular complexity index is 1360. The molecule has 2 aromatic heterocycles. The number of rotatable bonds is 6. The van der Waals surface area contributed by atoms with E-state index in [4.69, 9.17) is 11.6 Å². The van der Waals surface area contributed by atoms with E-state index in [0.717, 1.165) is 30.8 Å². The number of piperazine rings is 1. The maximum absolute atomic E-state index is 12.7. The van der Waals surface area contributed by atoms with Gasteiger partial charge in [-0.1, -0.05) is 65.4 Å². The second-order valence-corrected chi connectivity index (χ2v) is 9.73. The molecule has 1 fully saturated rings. The van der Waals surface area contributed by atoms with E-state index in [1.54, 1.807) is 12.1 Å². The lowest BCUT2D eigenvalue weighted by atomic mass is 10.1. The molecule has 3 heterocycles.